The summed E-state index contributed by atoms with van der Waals surface area (Å²) < 4.78 is 0. The molecule has 18 heavy (non-hydrogen) atoms. The van der Waals surface area contributed by atoms with Crippen LogP contribution in [0.4, 0.5) is 0 Å². The molecule has 1 N–H and O–H groups in total. The minimum absolute atomic E-state index is 0.160. The van der Waals surface area contributed by atoms with E-state index in [1.165, 1.54) is 25.7 Å². The van der Waals surface area contributed by atoms with E-state index in [-0.39, 0.29) is 11.6 Å². The number of likely N-dealkylation sites (tertiary alicyclic amines) is 1. The Labute approximate surface area is 110 Å². The maximum absolute atomic E-state index is 12.7. The maximum atomic E-state index is 12.7. The molecule has 0 bridgehead atoms. The lowest BCUT2D eigenvalue weighted by Gasteiger charge is -2.38. The van der Waals surface area contributed by atoms with Crippen molar-refractivity contribution < 1.29 is 4.79 Å². The van der Waals surface area contributed by atoms with Gasteiger partial charge in [-0.3, -0.25) is 9.69 Å². The Morgan fingerprint density at radius 3 is 2.50 bits per heavy atom. The van der Waals surface area contributed by atoms with Crippen molar-refractivity contribution >= 4 is 5.91 Å². The zero-order valence-corrected chi connectivity index (χ0v) is 11.2. The molecule has 3 heteroatoms. The zero-order chi connectivity index (χ0) is 12.4. The summed E-state index contributed by atoms with van der Waals surface area (Å²) in [5.41, 5.74) is -0.160. The highest BCUT2D eigenvalue weighted by Crippen LogP contribution is 2.37. The van der Waals surface area contributed by atoms with Gasteiger partial charge in [-0.2, -0.15) is 0 Å². The number of hydrogen-bond donors (Lipinski definition) is 1. The summed E-state index contributed by atoms with van der Waals surface area (Å²) >= 11 is 0. The average molecular weight is 248 g/mol. The Balaban J connectivity index is 1.71. The van der Waals surface area contributed by atoms with E-state index >= 15 is 0 Å². The van der Waals surface area contributed by atoms with Crippen LogP contribution in [0.2, 0.25) is 0 Å². The molecule has 3 aliphatic rings. The first-order chi connectivity index (χ1) is 8.81. The van der Waals surface area contributed by atoms with Crippen molar-refractivity contribution in [3.63, 3.8) is 0 Å². The third-order valence-corrected chi connectivity index (χ3v) is 4.89. The fraction of sp³-hybridized carbons (Fsp3) is 0.800. The van der Waals surface area contributed by atoms with Gasteiger partial charge in [0.2, 0.25) is 5.91 Å². The minimum Gasteiger partial charge on any atom is -0.348 e. The van der Waals surface area contributed by atoms with Crippen LogP contribution in [0.25, 0.3) is 0 Å². The zero-order valence-electron chi connectivity index (χ0n) is 11.2. The highest BCUT2D eigenvalue weighted by molar-refractivity contribution is 5.87. The molecule has 1 unspecified atom stereocenters. The molecule has 1 aliphatic heterocycles. The van der Waals surface area contributed by atoms with Crippen LogP contribution >= 0.6 is 0 Å². The van der Waals surface area contributed by atoms with Crippen LogP contribution in [0.5, 0.6) is 0 Å². The lowest BCUT2D eigenvalue weighted by molar-refractivity contribution is -0.133. The average Bonchev–Trinajstić information content (AvgIpc) is 3.12. The molecule has 1 saturated carbocycles. The molecule has 1 atom stereocenters. The van der Waals surface area contributed by atoms with Gasteiger partial charge in [-0.25, -0.2) is 0 Å². The first-order valence-corrected chi connectivity index (χ1v) is 7.54. The van der Waals surface area contributed by atoms with Gasteiger partial charge < -0.3 is 5.32 Å². The van der Waals surface area contributed by atoms with E-state index in [1.807, 2.05) is 0 Å². The smallest absolute Gasteiger partial charge is 0.240 e. The summed E-state index contributed by atoms with van der Waals surface area (Å²) in [7, 11) is 0. The predicted octanol–water partition coefficient (Wildman–Crippen LogP) is 2.23. The van der Waals surface area contributed by atoms with Gasteiger partial charge in [0.05, 0.1) is 0 Å². The van der Waals surface area contributed by atoms with E-state index in [9.17, 15) is 4.79 Å². The Hall–Kier alpha value is -0.830. The van der Waals surface area contributed by atoms with Crippen molar-refractivity contribution in [2.45, 2.75) is 62.9 Å². The van der Waals surface area contributed by atoms with Crippen molar-refractivity contribution in [1.29, 1.82) is 0 Å². The standard InChI is InChI=1S/C15H24N2O/c18-14(16-13-7-1-2-8-13)15(9-3-4-10-15)17-11-5-6-12-17/h1,7,13H,2-6,8-12H2,(H,16,18). The topological polar surface area (TPSA) is 32.3 Å². The van der Waals surface area contributed by atoms with Gasteiger partial charge in [-0.1, -0.05) is 25.0 Å². The number of hydrogen-bond acceptors (Lipinski definition) is 2. The first kappa shape index (κ1) is 12.2. The summed E-state index contributed by atoms with van der Waals surface area (Å²) in [5.74, 6) is 0.304. The molecule has 0 aromatic rings. The van der Waals surface area contributed by atoms with E-state index in [0.29, 0.717) is 5.91 Å². The van der Waals surface area contributed by atoms with Crippen LogP contribution in [-0.2, 0) is 4.79 Å². The van der Waals surface area contributed by atoms with Gasteiger partial charge in [0.15, 0.2) is 0 Å². The van der Waals surface area contributed by atoms with Crippen LogP contribution in [0, 0.1) is 0 Å². The summed E-state index contributed by atoms with van der Waals surface area (Å²) in [6.07, 6.45) is 13.6. The molecule has 0 aromatic heterocycles. The van der Waals surface area contributed by atoms with Crippen molar-refractivity contribution in [3.05, 3.63) is 12.2 Å². The fourth-order valence-electron chi connectivity index (χ4n) is 3.85. The third-order valence-electron chi connectivity index (χ3n) is 4.89. The SMILES string of the molecule is O=C(NC1C=CCC1)C1(N2CCCC2)CCCC1. The highest BCUT2D eigenvalue weighted by Gasteiger charge is 2.47. The van der Waals surface area contributed by atoms with Crippen molar-refractivity contribution in [1.82, 2.24) is 10.2 Å². The van der Waals surface area contributed by atoms with Gasteiger partial charge >= 0.3 is 0 Å². The number of nitrogens with zero attached hydrogens (tertiary/aromatic N) is 1. The molecular weight excluding hydrogens is 224 g/mol. The molecule has 1 heterocycles. The second-order valence-corrected chi connectivity index (χ2v) is 6.02. The van der Waals surface area contributed by atoms with E-state index in [1.54, 1.807) is 0 Å². The van der Waals surface area contributed by atoms with Crippen LogP contribution in [0.15, 0.2) is 12.2 Å². The number of carbonyl (C=O) groups excluding carboxylic acids is 1. The summed E-state index contributed by atoms with van der Waals surface area (Å²) in [4.78, 5) is 15.2. The highest BCUT2D eigenvalue weighted by atomic mass is 16.2. The van der Waals surface area contributed by atoms with Crippen molar-refractivity contribution in [2.75, 3.05) is 13.1 Å². The quantitative estimate of drug-likeness (QED) is 0.777. The molecule has 0 spiro atoms. The second kappa shape index (κ2) is 5.04. The molecule has 3 nitrogen and oxygen atoms in total. The minimum atomic E-state index is -0.160. The first-order valence-electron chi connectivity index (χ1n) is 7.54. The van der Waals surface area contributed by atoms with Crippen LogP contribution in [0.3, 0.4) is 0 Å². The van der Waals surface area contributed by atoms with Crippen LogP contribution in [0.1, 0.15) is 51.4 Å². The van der Waals surface area contributed by atoms with Gasteiger partial charge in [0.1, 0.15) is 5.54 Å². The monoisotopic (exact) mass is 248 g/mol. The Kier molecular flexibility index (Phi) is 3.42. The summed E-state index contributed by atoms with van der Waals surface area (Å²) in [5, 5.41) is 3.27. The van der Waals surface area contributed by atoms with E-state index in [0.717, 1.165) is 38.8 Å². The molecule has 100 valence electrons. The number of nitrogens with one attached hydrogen (secondary N) is 1. The van der Waals surface area contributed by atoms with E-state index in [2.05, 4.69) is 22.4 Å². The van der Waals surface area contributed by atoms with Gasteiger partial charge in [0.25, 0.3) is 0 Å². The second-order valence-electron chi connectivity index (χ2n) is 6.02. The van der Waals surface area contributed by atoms with Crippen molar-refractivity contribution in [2.24, 2.45) is 0 Å². The number of carbonyl (C=O) groups is 1. The molecule has 2 fully saturated rings. The molecule has 3 rings (SSSR count). The van der Waals surface area contributed by atoms with E-state index in [4.69, 9.17) is 0 Å². The summed E-state index contributed by atoms with van der Waals surface area (Å²) in [6, 6.07) is 0.289. The predicted molar refractivity (Wildman–Crippen MR) is 72.3 cm³/mol. The van der Waals surface area contributed by atoms with E-state index < -0.39 is 0 Å². The molecule has 0 aromatic carbocycles. The van der Waals surface area contributed by atoms with Gasteiger partial charge in [-0.05, 0) is 51.6 Å². The Bertz CT molecular complexity index is 338. The van der Waals surface area contributed by atoms with Crippen LogP contribution < -0.4 is 5.32 Å². The Morgan fingerprint density at radius 1 is 1.17 bits per heavy atom. The van der Waals surface area contributed by atoms with Crippen LogP contribution in [-0.4, -0.2) is 35.5 Å². The lowest BCUT2D eigenvalue weighted by Crippen LogP contribution is -2.57. The largest absolute Gasteiger partial charge is 0.348 e. The molecular formula is C15H24N2O. The number of allylic oxidation sites excluding steroid dienone is 1. The van der Waals surface area contributed by atoms with Gasteiger partial charge in [0, 0.05) is 6.04 Å². The third kappa shape index (κ3) is 2.09. The molecule has 2 aliphatic carbocycles. The summed E-state index contributed by atoms with van der Waals surface area (Å²) in [6.45, 7) is 2.24. The number of rotatable bonds is 3. The normalized spacial score (nSPS) is 31.0. The molecule has 1 amide bonds. The van der Waals surface area contributed by atoms with Gasteiger partial charge in [-0.15, -0.1) is 0 Å². The lowest BCUT2D eigenvalue weighted by atomic mass is 9.93. The Morgan fingerprint density at radius 2 is 1.89 bits per heavy atom. The fourth-order valence-corrected chi connectivity index (χ4v) is 3.85. The molecule has 0 radical (unpaired) electrons. The van der Waals surface area contributed by atoms with Crippen molar-refractivity contribution in [3.8, 4) is 0 Å². The molecule has 1 saturated heterocycles. The number of amides is 1. The maximum Gasteiger partial charge on any atom is 0.240 e.